The maximum atomic E-state index is 3.66. The highest BCUT2D eigenvalue weighted by Gasteiger charge is 2.13. The van der Waals surface area contributed by atoms with Gasteiger partial charge in [-0.2, -0.15) is 0 Å². The third-order valence-electron chi connectivity index (χ3n) is 4.52. The van der Waals surface area contributed by atoms with Crippen LogP contribution in [0, 0.1) is 0 Å². The van der Waals surface area contributed by atoms with E-state index in [4.69, 9.17) is 0 Å². The van der Waals surface area contributed by atoms with E-state index in [1.807, 2.05) is 11.8 Å². The van der Waals surface area contributed by atoms with E-state index >= 15 is 0 Å². The minimum Gasteiger partial charge on any atom is -0.354 e. The molecule has 0 atom stereocenters. The standard InChI is InChI=1S/C24H17NS2/c1-3-9-17(10-4-1)26-21-15-8-14-20-23(21)19-13-7-16-22(24(19)25-20)27-18-11-5-2-6-12-18/h1-16,25H. The van der Waals surface area contributed by atoms with Gasteiger partial charge in [0.05, 0.1) is 5.52 Å². The highest BCUT2D eigenvalue weighted by molar-refractivity contribution is 8.00. The fourth-order valence-electron chi connectivity index (χ4n) is 3.32. The van der Waals surface area contributed by atoms with Crippen molar-refractivity contribution in [2.75, 3.05) is 0 Å². The van der Waals surface area contributed by atoms with Gasteiger partial charge in [0.2, 0.25) is 0 Å². The van der Waals surface area contributed by atoms with E-state index in [0.29, 0.717) is 0 Å². The topological polar surface area (TPSA) is 15.8 Å². The second-order valence-corrected chi connectivity index (χ2v) is 8.54. The Morgan fingerprint density at radius 2 is 1.11 bits per heavy atom. The van der Waals surface area contributed by atoms with Gasteiger partial charge in [0.15, 0.2) is 0 Å². The monoisotopic (exact) mass is 383 g/mol. The maximum Gasteiger partial charge on any atom is 0.0607 e. The molecule has 0 unspecified atom stereocenters. The Labute approximate surface area is 166 Å². The molecule has 1 aromatic heterocycles. The molecule has 0 radical (unpaired) electrons. The zero-order valence-corrected chi connectivity index (χ0v) is 16.2. The molecule has 5 rings (SSSR count). The Morgan fingerprint density at radius 1 is 0.519 bits per heavy atom. The van der Waals surface area contributed by atoms with Crippen molar-refractivity contribution in [3.63, 3.8) is 0 Å². The van der Waals surface area contributed by atoms with E-state index in [-0.39, 0.29) is 0 Å². The average molecular weight is 384 g/mol. The number of aromatic amines is 1. The van der Waals surface area contributed by atoms with Crippen molar-refractivity contribution in [2.24, 2.45) is 0 Å². The van der Waals surface area contributed by atoms with Crippen molar-refractivity contribution in [1.82, 2.24) is 4.98 Å². The van der Waals surface area contributed by atoms with Gasteiger partial charge < -0.3 is 4.98 Å². The predicted molar refractivity (Wildman–Crippen MR) is 117 cm³/mol. The number of nitrogens with one attached hydrogen (secondary N) is 1. The van der Waals surface area contributed by atoms with Gasteiger partial charge in [-0.1, -0.05) is 78.1 Å². The Morgan fingerprint density at radius 3 is 1.81 bits per heavy atom. The zero-order valence-electron chi connectivity index (χ0n) is 14.6. The van der Waals surface area contributed by atoms with E-state index in [0.717, 1.165) is 0 Å². The van der Waals surface area contributed by atoms with Crippen molar-refractivity contribution in [2.45, 2.75) is 19.6 Å². The molecule has 130 valence electrons. The molecule has 4 aromatic carbocycles. The first-order chi connectivity index (χ1) is 13.4. The molecule has 0 amide bonds. The van der Waals surface area contributed by atoms with E-state index in [2.05, 4.69) is 102 Å². The fourth-order valence-corrected chi connectivity index (χ4v) is 5.29. The second-order valence-electron chi connectivity index (χ2n) is 6.31. The summed E-state index contributed by atoms with van der Waals surface area (Å²) >= 11 is 3.62. The van der Waals surface area contributed by atoms with Gasteiger partial charge in [-0.25, -0.2) is 0 Å². The Bertz CT molecular complexity index is 1210. The van der Waals surface area contributed by atoms with Crippen LogP contribution in [0.15, 0.2) is 117 Å². The molecular weight excluding hydrogens is 366 g/mol. The highest BCUT2D eigenvalue weighted by Crippen LogP contribution is 2.41. The summed E-state index contributed by atoms with van der Waals surface area (Å²) in [6, 6.07) is 34.2. The van der Waals surface area contributed by atoms with Crippen molar-refractivity contribution in [3.05, 3.63) is 97.1 Å². The van der Waals surface area contributed by atoms with Crippen LogP contribution in [0.4, 0.5) is 0 Å². The van der Waals surface area contributed by atoms with Crippen LogP contribution in [-0.2, 0) is 0 Å². The van der Waals surface area contributed by atoms with Crippen LogP contribution in [0.1, 0.15) is 0 Å². The zero-order chi connectivity index (χ0) is 18.1. The number of fused-ring (bicyclic) bond motifs is 3. The summed E-state index contributed by atoms with van der Waals surface area (Å²) in [5, 5.41) is 2.59. The van der Waals surface area contributed by atoms with Gasteiger partial charge >= 0.3 is 0 Å². The van der Waals surface area contributed by atoms with Gasteiger partial charge in [-0.15, -0.1) is 0 Å². The highest BCUT2D eigenvalue weighted by atomic mass is 32.2. The van der Waals surface area contributed by atoms with Gasteiger partial charge in [0, 0.05) is 35.9 Å². The molecule has 5 aromatic rings. The van der Waals surface area contributed by atoms with Crippen LogP contribution in [-0.4, -0.2) is 4.98 Å². The van der Waals surface area contributed by atoms with Crippen molar-refractivity contribution in [1.29, 1.82) is 0 Å². The summed E-state index contributed by atoms with van der Waals surface area (Å²) in [6.07, 6.45) is 0. The molecule has 1 nitrogen and oxygen atoms in total. The molecule has 0 bridgehead atoms. The molecule has 0 aliphatic carbocycles. The van der Waals surface area contributed by atoms with Crippen LogP contribution in [0.2, 0.25) is 0 Å². The van der Waals surface area contributed by atoms with Gasteiger partial charge in [0.1, 0.15) is 0 Å². The lowest BCUT2D eigenvalue weighted by molar-refractivity contribution is 1.40. The van der Waals surface area contributed by atoms with Crippen LogP contribution >= 0.6 is 23.5 Å². The van der Waals surface area contributed by atoms with Crippen LogP contribution < -0.4 is 0 Å². The number of H-pyrrole nitrogens is 1. The third kappa shape index (κ3) is 3.25. The van der Waals surface area contributed by atoms with E-state index in [1.165, 1.54) is 41.4 Å². The molecule has 0 spiro atoms. The Balaban J connectivity index is 1.65. The number of para-hydroxylation sites is 1. The molecule has 0 saturated heterocycles. The molecule has 0 aliphatic heterocycles. The summed E-state index contributed by atoms with van der Waals surface area (Å²) in [6.45, 7) is 0. The number of hydrogen-bond donors (Lipinski definition) is 1. The molecule has 1 heterocycles. The van der Waals surface area contributed by atoms with Crippen LogP contribution in [0.5, 0.6) is 0 Å². The molecule has 0 fully saturated rings. The third-order valence-corrected chi connectivity index (χ3v) is 6.66. The largest absolute Gasteiger partial charge is 0.354 e. The Kier molecular flexibility index (Phi) is 4.40. The molecule has 0 saturated carbocycles. The lowest BCUT2D eigenvalue weighted by Crippen LogP contribution is -1.77. The summed E-state index contributed by atoms with van der Waals surface area (Å²) < 4.78 is 0. The van der Waals surface area contributed by atoms with Crippen molar-refractivity contribution >= 4 is 45.3 Å². The minimum absolute atomic E-state index is 1.19. The Hall–Kier alpha value is -2.62. The van der Waals surface area contributed by atoms with E-state index < -0.39 is 0 Å². The quantitative estimate of drug-likeness (QED) is 0.343. The normalized spacial score (nSPS) is 11.3. The van der Waals surface area contributed by atoms with Crippen molar-refractivity contribution in [3.8, 4) is 0 Å². The van der Waals surface area contributed by atoms with Gasteiger partial charge in [-0.05, 0) is 42.5 Å². The lowest BCUT2D eigenvalue weighted by atomic mass is 10.1. The summed E-state index contributed by atoms with van der Waals surface area (Å²) in [5.74, 6) is 0. The average Bonchev–Trinajstić information content (AvgIpc) is 3.10. The maximum absolute atomic E-state index is 3.66. The van der Waals surface area contributed by atoms with Gasteiger partial charge in [-0.3, -0.25) is 0 Å². The van der Waals surface area contributed by atoms with Crippen LogP contribution in [0.25, 0.3) is 21.8 Å². The lowest BCUT2D eigenvalue weighted by Gasteiger charge is -2.05. The molecular formula is C24H17NS2. The predicted octanol–water partition coefficient (Wildman–Crippen LogP) is 7.62. The summed E-state index contributed by atoms with van der Waals surface area (Å²) in [5.41, 5.74) is 2.40. The summed E-state index contributed by atoms with van der Waals surface area (Å²) in [7, 11) is 0. The number of rotatable bonds is 4. The second kappa shape index (κ2) is 7.18. The number of hydrogen-bond acceptors (Lipinski definition) is 2. The molecule has 0 aliphatic rings. The number of aromatic nitrogens is 1. The van der Waals surface area contributed by atoms with E-state index in [1.54, 1.807) is 11.8 Å². The molecule has 27 heavy (non-hydrogen) atoms. The first-order valence-corrected chi connectivity index (χ1v) is 10.5. The first kappa shape index (κ1) is 16.5. The fraction of sp³-hybridized carbons (Fsp3) is 0. The smallest absolute Gasteiger partial charge is 0.0607 e. The first-order valence-electron chi connectivity index (χ1n) is 8.88. The minimum atomic E-state index is 1.19. The summed E-state index contributed by atoms with van der Waals surface area (Å²) in [4.78, 5) is 8.71. The molecule has 1 N–H and O–H groups in total. The van der Waals surface area contributed by atoms with E-state index in [9.17, 15) is 0 Å². The number of benzene rings is 4. The SMILES string of the molecule is c1ccc(Sc2cccc3c2[nH]c2cccc(Sc4ccccc4)c23)cc1. The van der Waals surface area contributed by atoms with Gasteiger partial charge in [0.25, 0.3) is 0 Å². The molecule has 3 heteroatoms. The van der Waals surface area contributed by atoms with Crippen LogP contribution in [0.3, 0.4) is 0 Å². The van der Waals surface area contributed by atoms with Crippen molar-refractivity contribution < 1.29 is 0 Å².